The number of aliphatic hydroxyl groups is 1. The average molecular weight is 377 g/mol. The van der Waals surface area contributed by atoms with Crippen LogP contribution in [0.3, 0.4) is 0 Å². The highest BCUT2D eigenvalue weighted by Crippen LogP contribution is 2.31. The Balaban J connectivity index is 1.50. The molecule has 0 amide bonds. The van der Waals surface area contributed by atoms with Crippen molar-refractivity contribution in [2.45, 2.75) is 25.2 Å². The van der Waals surface area contributed by atoms with Crippen molar-refractivity contribution < 1.29 is 5.11 Å². The summed E-state index contributed by atoms with van der Waals surface area (Å²) in [7, 11) is 1.86. The zero-order chi connectivity index (χ0) is 19.3. The molecule has 0 aliphatic carbocycles. The normalized spacial score (nSPS) is 15.8. The molecule has 28 heavy (non-hydrogen) atoms. The third-order valence-corrected chi connectivity index (χ3v) is 5.59. The highest BCUT2D eigenvalue weighted by molar-refractivity contribution is 5.88. The van der Waals surface area contributed by atoms with E-state index >= 15 is 0 Å². The fourth-order valence-electron chi connectivity index (χ4n) is 4.00. The molecular formula is C22H27N5O. The minimum Gasteiger partial charge on any atom is -0.396 e. The maximum absolute atomic E-state index is 9.00. The molecule has 2 N–H and O–H groups in total. The van der Waals surface area contributed by atoms with E-state index in [4.69, 9.17) is 10.1 Å². The number of benzene rings is 1. The maximum atomic E-state index is 9.00. The number of likely N-dealkylation sites (tertiary alicyclic amines) is 1. The lowest BCUT2D eigenvalue weighted by Crippen LogP contribution is -2.34. The van der Waals surface area contributed by atoms with Gasteiger partial charge >= 0.3 is 0 Å². The number of nitrogens with one attached hydrogen (secondary N) is 1. The third-order valence-electron chi connectivity index (χ3n) is 5.59. The maximum Gasteiger partial charge on any atom is 0.154 e. The van der Waals surface area contributed by atoms with Gasteiger partial charge in [-0.3, -0.25) is 4.98 Å². The van der Waals surface area contributed by atoms with Crippen LogP contribution in [0, 0.1) is 0 Å². The van der Waals surface area contributed by atoms with Gasteiger partial charge in [0.1, 0.15) is 5.52 Å². The molecule has 4 rings (SSSR count). The van der Waals surface area contributed by atoms with Crippen molar-refractivity contribution in [3.63, 3.8) is 0 Å². The summed E-state index contributed by atoms with van der Waals surface area (Å²) in [6.07, 6.45) is 6.63. The number of hydrogen-bond donors (Lipinski definition) is 2. The van der Waals surface area contributed by atoms with E-state index in [1.807, 2.05) is 13.1 Å². The molecule has 1 fully saturated rings. The van der Waals surface area contributed by atoms with Crippen molar-refractivity contribution in [3.05, 3.63) is 48.3 Å². The van der Waals surface area contributed by atoms with Gasteiger partial charge in [-0.1, -0.05) is 24.3 Å². The summed E-state index contributed by atoms with van der Waals surface area (Å²) in [5.41, 5.74) is 5.03. The number of anilines is 1. The molecule has 0 unspecified atom stereocenters. The van der Waals surface area contributed by atoms with Crippen molar-refractivity contribution in [2.75, 3.05) is 38.6 Å². The fourth-order valence-corrected chi connectivity index (χ4v) is 4.00. The van der Waals surface area contributed by atoms with Crippen LogP contribution in [0.25, 0.3) is 22.3 Å². The van der Waals surface area contributed by atoms with Crippen LogP contribution < -0.4 is 5.32 Å². The molecular weight excluding hydrogens is 350 g/mol. The zero-order valence-corrected chi connectivity index (χ0v) is 16.3. The Morgan fingerprint density at radius 1 is 1.11 bits per heavy atom. The van der Waals surface area contributed by atoms with Gasteiger partial charge in [-0.25, -0.2) is 9.97 Å². The van der Waals surface area contributed by atoms with Crippen molar-refractivity contribution >= 4 is 16.9 Å². The number of aromatic nitrogens is 3. The summed E-state index contributed by atoms with van der Waals surface area (Å²) in [4.78, 5) is 16.0. The SMILES string of the molecule is CNc1nc(-c2ccc(C3CCN(CCCO)CC3)cc2)cc2nccnc12. The van der Waals surface area contributed by atoms with Gasteiger partial charge in [0.05, 0.1) is 11.2 Å². The molecule has 0 saturated carbocycles. The van der Waals surface area contributed by atoms with E-state index in [0.717, 1.165) is 54.2 Å². The van der Waals surface area contributed by atoms with Crippen LogP contribution in [-0.2, 0) is 0 Å². The second-order valence-electron chi connectivity index (χ2n) is 7.35. The Labute approximate surface area is 165 Å². The van der Waals surface area contributed by atoms with Crippen LogP contribution in [0.4, 0.5) is 5.82 Å². The van der Waals surface area contributed by atoms with Gasteiger partial charge in [0.15, 0.2) is 5.82 Å². The minimum absolute atomic E-state index is 0.283. The fraction of sp³-hybridized carbons (Fsp3) is 0.409. The second-order valence-corrected chi connectivity index (χ2v) is 7.35. The van der Waals surface area contributed by atoms with Gasteiger partial charge in [-0.05, 0) is 49.9 Å². The van der Waals surface area contributed by atoms with Crippen LogP contribution in [0.15, 0.2) is 42.7 Å². The Bertz CT molecular complexity index is 920. The molecule has 146 valence electrons. The number of hydrogen-bond acceptors (Lipinski definition) is 6. The molecule has 1 saturated heterocycles. The molecule has 3 aromatic rings. The molecule has 1 aliphatic rings. The van der Waals surface area contributed by atoms with Crippen LogP contribution in [-0.4, -0.2) is 58.2 Å². The smallest absolute Gasteiger partial charge is 0.154 e. The van der Waals surface area contributed by atoms with E-state index in [1.54, 1.807) is 12.4 Å². The summed E-state index contributed by atoms with van der Waals surface area (Å²) in [6.45, 7) is 3.52. The number of rotatable bonds is 6. The molecule has 1 aliphatic heterocycles. The summed E-state index contributed by atoms with van der Waals surface area (Å²) in [5.74, 6) is 1.36. The van der Waals surface area contributed by atoms with E-state index in [-0.39, 0.29) is 6.61 Å². The zero-order valence-electron chi connectivity index (χ0n) is 16.3. The first-order valence-electron chi connectivity index (χ1n) is 10.0. The molecule has 6 heteroatoms. The van der Waals surface area contributed by atoms with E-state index in [0.29, 0.717) is 5.92 Å². The third kappa shape index (κ3) is 3.98. The van der Waals surface area contributed by atoms with E-state index in [1.165, 1.54) is 18.4 Å². The molecule has 0 atom stereocenters. The number of nitrogens with zero attached hydrogens (tertiary/aromatic N) is 4. The summed E-state index contributed by atoms with van der Waals surface area (Å²) < 4.78 is 0. The number of pyridine rings is 1. The van der Waals surface area contributed by atoms with Crippen LogP contribution in [0.2, 0.25) is 0 Å². The first kappa shape index (κ1) is 18.8. The minimum atomic E-state index is 0.283. The predicted octanol–water partition coefficient (Wildman–Crippen LogP) is 3.30. The summed E-state index contributed by atoms with van der Waals surface area (Å²) in [6, 6.07) is 10.8. The molecule has 0 radical (unpaired) electrons. The van der Waals surface area contributed by atoms with Crippen molar-refractivity contribution in [1.82, 2.24) is 19.9 Å². The molecule has 3 heterocycles. The summed E-state index contributed by atoms with van der Waals surface area (Å²) >= 11 is 0. The highest BCUT2D eigenvalue weighted by atomic mass is 16.3. The molecule has 0 spiro atoms. The Morgan fingerprint density at radius 3 is 2.57 bits per heavy atom. The lowest BCUT2D eigenvalue weighted by Gasteiger charge is -2.32. The molecule has 0 bridgehead atoms. The van der Waals surface area contributed by atoms with E-state index < -0.39 is 0 Å². The van der Waals surface area contributed by atoms with Crippen LogP contribution in [0.5, 0.6) is 0 Å². The quantitative estimate of drug-likeness (QED) is 0.687. The average Bonchev–Trinajstić information content (AvgIpc) is 2.77. The van der Waals surface area contributed by atoms with Crippen molar-refractivity contribution in [3.8, 4) is 11.3 Å². The molecule has 6 nitrogen and oxygen atoms in total. The van der Waals surface area contributed by atoms with Crippen molar-refractivity contribution in [1.29, 1.82) is 0 Å². The van der Waals surface area contributed by atoms with Crippen LogP contribution in [0.1, 0.15) is 30.7 Å². The van der Waals surface area contributed by atoms with E-state index in [2.05, 4.69) is 44.5 Å². The van der Waals surface area contributed by atoms with Crippen molar-refractivity contribution in [2.24, 2.45) is 0 Å². The lowest BCUT2D eigenvalue weighted by molar-refractivity contribution is 0.187. The monoisotopic (exact) mass is 377 g/mol. The van der Waals surface area contributed by atoms with Gasteiger partial charge in [0, 0.05) is 38.2 Å². The first-order chi connectivity index (χ1) is 13.8. The topological polar surface area (TPSA) is 74.2 Å². The standard InChI is InChI=1S/C22H27N5O/c1-23-22-21-20(24-9-10-25-21)15-19(26-22)18-5-3-16(4-6-18)17-7-12-27(13-8-17)11-2-14-28/h3-6,9-10,15,17,28H,2,7-8,11-14H2,1H3,(H,23,26). The Hall–Kier alpha value is -2.57. The molecule has 1 aromatic carbocycles. The van der Waals surface area contributed by atoms with Gasteiger partial charge < -0.3 is 15.3 Å². The number of piperidine rings is 1. The van der Waals surface area contributed by atoms with Gasteiger partial charge in [-0.2, -0.15) is 0 Å². The Morgan fingerprint density at radius 2 is 1.86 bits per heavy atom. The lowest BCUT2D eigenvalue weighted by atomic mass is 9.88. The highest BCUT2D eigenvalue weighted by Gasteiger charge is 2.20. The largest absolute Gasteiger partial charge is 0.396 e. The predicted molar refractivity (Wildman–Crippen MR) is 112 cm³/mol. The number of aliphatic hydroxyl groups excluding tert-OH is 1. The second kappa shape index (κ2) is 8.63. The Kier molecular flexibility index (Phi) is 5.78. The molecule has 2 aromatic heterocycles. The van der Waals surface area contributed by atoms with Gasteiger partial charge in [0.2, 0.25) is 0 Å². The van der Waals surface area contributed by atoms with Crippen LogP contribution >= 0.6 is 0 Å². The van der Waals surface area contributed by atoms with Gasteiger partial charge in [-0.15, -0.1) is 0 Å². The first-order valence-corrected chi connectivity index (χ1v) is 10.0. The number of fused-ring (bicyclic) bond motifs is 1. The van der Waals surface area contributed by atoms with Gasteiger partial charge in [0.25, 0.3) is 0 Å². The van der Waals surface area contributed by atoms with E-state index in [9.17, 15) is 0 Å². The summed E-state index contributed by atoms with van der Waals surface area (Å²) in [5, 5.41) is 12.1.